The van der Waals surface area contributed by atoms with Crippen LogP contribution in [0.5, 0.6) is 0 Å². The van der Waals surface area contributed by atoms with Gasteiger partial charge in [0.05, 0.1) is 0 Å². The Labute approximate surface area is 103 Å². The highest BCUT2D eigenvalue weighted by Gasteiger charge is 2.07. The van der Waals surface area contributed by atoms with Gasteiger partial charge in [0, 0.05) is 6.04 Å². The maximum Gasteiger partial charge on any atom is 0.00511 e. The average molecular weight is 225 g/mol. The summed E-state index contributed by atoms with van der Waals surface area (Å²) < 4.78 is 0. The topological polar surface area (TPSA) is 26.0 Å². The number of benzene rings is 2. The van der Waals surface area contributed by atoms with Gasteiger partial charge in [-0.15, -0.1) is 0 Å². The lowest BCUT2D eigenvalue weighted by molar-refractivity contribution is 0.739. The Balaban J connectivity index is 2.48. The molecule has 2 rings (SSSR count). The van der Waals surface area contributed by atoms with Gasteiger partial charge in [-0.3, -0.25) is 0 Å². The van der Waals surface area contributed by atoms with Crippen molar-refractivity contribution in [2.24, 2.45) is 5.73 Å². The van der Waals surface area contributed by atoms with Gasteiger partial charge in [0.15, 0.2) is 0 Å². The maximum absolute atomic E-state index is 5.91. The molecule has 0 saturated heterocycles. The summed E-state index contributed by atoms with van der Waals surface area (Å²) in [7, 11) is 0. The Morgan fingerprint density at radius 2 is 1.53 bits per heavy atom. The van der Waals surface area contributed by atoms with Crippen LogP contribution in [0.3, 0.4) is 0 Å². The van der Waals surface area contributed by atoms with Crippen molar-refractivity contribution >= 4 is 0 Å². The fourth-order valence-electron chi connectivity index (χ4n) is 2.18. The summed E-state index contributed by atoms with van der Waals surface area (Å²) in [5.74, 6) is 0. The van der Waals surface area contributed by atoms with Crippen molar-refractivity contribution in [1.82, 2.24) is 0 Å². The largest absolute Gasteiger partial charge is 0.328 e. The second-order valence-electron chi connectivity index (χ2n) is 4.65. The molecule has 2 aromatic carbocycles. The van der Waals surface area contributed by atoms with Gasteiger partial charge in [-0.25, -0.2) is 0 Å². The second kappa shape index (κ2) is 5.15. The minimum atomic E-state index is 0.195. The van der Waals surface area contributed by atoms with E-state index in [0.717, 1.165) is 6.42 Å². The van der Waals surface area contributed by atoms with Gasteiger partial charge in [-0.2, -0.15) is 0 Å². The van der Waals surface area contributed by atoms with Crippen LogP contribution in [0.15, 0.2) is 48.5 Å². The van der Waals surface area contributed by atoms with Crippen LogP contribution in [0.4, 0.5) is 0 Å². The normalized spacial score (nSPS) is 12.4. The van der Waals surface area contributed by atoms with E-state index < -0.39 is 0 Å². The minimum absolute atomic E-state index is 0.195. The zero-order valence-electron chi connectivity index (χ0n) is 10.5. The predicted molar refractivity (Wildman–Crippen MR) is 74.0 cm³/mol. The molecule has 17 heavy (non-hydrogen) atoms. The number of hydrogen-bond acceptors (Lipinski definition) is 1. The molecule has 0 aliphatic heterocycles. The number of rotatable bonds is 3. The zero-order valence-corrected chi connectivity index (χ0v) is 10.5. The molecule has 0 amide bonds. The van der Waals surface area contributed by atoms with E-state index in [1.54, 1.807) is 0 Å². The van der Waals surface area contributed by atoms with E-state index in [1.165, 1.54) is 22.3 Å². The molecule has 0 aliphatic carbocycles. The van der Waals surface area contributed by atoms with E-state index in [4.69, 9.17) is 5.73 Å². The molecule has 0 aromatic heterocycles. The van der Waals surface area contributed by atoms with Gasteiger partial charge in [-0.1, -0.05) is 48.5 Å². The van der Waals surface area contributed by atoms with Gasteiger partial charge >= 0.3 is 0 Å². The molecule has 1 nitrogen and oxygen atoms in total. The first kappa shape index (κ1) is 11.9. The number of aryl methyl sites for hydroxylation is 1. The summed E-state index contributed by atoms with van der Waals surface area (Å²) in [6.45, 7) is 4.20. The molecular weight excluding hydrogens is 206 g/mol. The van der Waals surface area contributed by atoms with E-state index in [9.17, 15) is 0 Å². The van der Waals surface area contributed by atoms with E-state index in [1.807, 2.05) is 0 Å². The smallest absolute Gasteiger partial charge is 0.00511 e. The van der Waals surface area contributed by atoms with Crippen LogP contribution in [0.2, 0.25) is 0 Å². The van der Waals surface area contributed by atoms with E-state index in [-0.39, 0.29) is 6.04 Å². The van der Waals surface area contributed by atoms with Crippen LogP contribution >= 0.6 is 0 Å². The molecule has 0 aliphatic rings. The van der Waals surface area contributed by atoms with Crippen molar-refractivity contribution in [3.63, 3.8) is 0 Å². The van der Waals surface area contributed by atoms with Crippen molar-refractivity contribution in [2.75, 3.05) is 0 Å². The van der Waals surface area contributed by atoms with Crippen molar-refractivity contribution in [3.8, 4) is 11.1 Å². The van der Waals surface area contributed by atoms with Crippen molar-refractivity contribution in [1.29, 1.82) is 0 Å². The summed E-state index contributed by atoms with van der Waals surface area (Å²) in [5, 5.41) is 0. The zero-order chi connectivity index (χ0) is 12.3. The average Bonchev–Trinajstić information content (AvgIpc) is 2.30. The summed E-state index contributed by atoms with van der Waals surface area (Å²) in [5.41, 5.74) is 11.2. The van der Waals surface area contributed by atoms with E-state index >= 15 is 0 Å². The monoisotopic (exact) mass is 225 g/mol. The molecule has 1 heteroatoms. The Bertz CT molecular complexity index is 500. The molecule has 1 unspecified atom stereocenters. The van der Waals surface area contributed by atoms with Gasteiger partial charge < -0.3 is 5.73 Å². The second-order valence-corrected chi connectivity index (χ2v) is 4.65. The number of hydrogen-bond donors (Lipinski definition) is 1. The molecule has 0 saturated carbocycles. The lowest BCUT2D eigenvalue weighted by Gasteiger charge is -2.13. The molecule has 1 atom stereocenters. The fraction of sp³-hybridized carbons (Fsp3) is 0.250. The lowest BCUT2D eigenvalue weighted by Crippen LogP contribution is -2.18. The quantitative estimate of drug-likeness (QED) is 0.849. The molecule has 2 N–H and O–H groups in total. The summed E-state index contributed by atoms with van der Waals surface area (Å²) >= 11 is 0. The molecule has 88 valence electrons. The Morgan fingerprint density at radius 3 is 2.18 bits per heavy atom. The molecular formula is C16H19N. The Kier molecular flexibility index (Phi) is 3.60. The van der Waals surface area contributed by atoms with Crippen molar-refractivity contribution < 1.29 is 0 Å². The van der Waals surface area contributed by atoms with E-state index in [0.29, 0.717) is 0 Å². The SMILES string of the molecule is Cc1ccccc1-c1ccccc1CC(C)N. The Morgan fingerprint density at radius 1 is 0.941 bits per heavy atom. The lowest BCUT2D eigenvalue weighted by atomic mass is 9.93. The van der Waals surface area contributed by atoms with Gasteiger partial charge in [0.1, 0.15) is 0 Å². The molecule has 0 heterocycles. The van der Waals surface area contributed by atoms with Gasteiger partial charge in [0.25, 0.3) is 0 Å². The van der Waals surface area contributed by atoms with Crippen molar-refractivity contribution in [3.05, 3.63) is 59.7 Å². The maximum atomic E-state index is 5.91. The fourth-order valence-corrected chi connectivity index (χ4v) is 2.18. The Hall–Kier alpha value is -1.60. The minimum Gasteiger partial charge on any atom is -0.328 e. The molecule has 2 aromatic rings. The van der Waals surface area contributed by atoms with Crippen LogP contribution in [-0.2, 0) is 6.42 Å². The van der Waals surface area contributed by atoms with Crippen LogP contribution in [0.1, 0.15) is 18.1 Å². The summed E-state index contributed by atoms with van der Waals surface area (Å²) in [4.78, 5) is 0. The van der Waals surface area contributed by atoms with Gasteiger partial charge in [-0.05, 0) is 42.5 Å². The van der Waals surface area contributed by atoms with Crippen LogP contribution in [-0.4, -0.2) is 6.04 Å². The third-order valence-corrected chi connectivity index (χ3v) is 2.99. The number of nitrogens with two attached hydrogens (primary N) is 1. The highest BCUT2D eigenvalue weighted by atomic mass is 14.6. The van der Waals surface area contributed by atoms with Gasteiger partial charge in [0.2, 0.25) is 0 Å². The predicted octanol–water partition coefficient (Wildman–Crippen LogP) is 3.55. The highest BCUT2D eigenvalue weighted by Crippen LogP contribution is 2.27. The summed E-state index contributed by atoms with van der Waals surface area (Å²) in [6.07, 6.45) is 0.921. The molecule has 0 bridgehead atoms. The highest BCUT2D eigenvalue weighted by molar-refractivity contribution is 5.70. The van der Waals surface area contributed by atoms with E-state index in [2.05, 4.69) is 62.4 Å². The van der Waals surface area contributed by atoms with Crippen LogP contribution in [0, 0.1) is 6.92 Å². The third-order valence-electron chi connectivity index (χ3n) is 2.99. The standard InChI is InChI=1S/C16H19N/c1-12-7-3-5-9-15(12)16-10-6-4-8-14(16)11-13(2)17/h3-10,13H,11,17H2,1-2H3. The third kappa shape index (κ3) is 2.75. The molecule has 0 fully saturated rings. The first-order chi connectivity index (χ1) is 8.18. The molecule has 0 spiro atoms. The van der Waals surface area contributed by atoms with Crippen LogP contribution in [0.25, 0.3) is 11.1 Å². The first-order valence-electron chi connectivity index (χ1n) is 6.08. The van der Waals surface area contributed by atoms with Crippen LogP contribution < -0.4 is 5.73 Å². The summed E-state index contributed by atoms with van der Waals surface area (Å²) in [6, 6.07) is 17.2. The van der Waals surface area contributed by atoms with Crippen molar-refractivity contribution in [2.45, 2.75) is 26.3 Å². The first-order valence-corrected chi connectivity index (χ1v) is 6.08. The molecule has 0 radical (unpaired) electrons.